The molecule has 2 N–H and O–H groups in total. The molecule has 1 fully saturated rings. The lowest BCUT2D eigenvalue weighted by Crippen LogP contribution is -2.14. The first-order chi connectivity index (χ1) is 12.2. The summed E-state index contributed by atoms with van der Waals surface area (Å²) in [6, 6.07) is 16.1. The van der Waals surface area contributed by atoms with Crippen LogP contribution in [-0.4, -0.2) is 16.5 Å². The lowest BCUT2D eigenvalue weighted by Gasteiger charge is -2.07. The number of hydrogen-bond acceptors (Lipinski definition) is 3. The predicted octanol–water partition coefficient (Wildman–Crippen LogP) is 4.69. The Balaban J connectivity index is 1.61. The van der Waals surface area contributed by atoms with Crippen LogP contribution < -0.4 is 5.32 Å². The minimum Gasteiger partial charge on any atom is -0.341 e. The van der Waals surface area contributed by atoms with Crippen LogP contribution in [0.15, 0.2) is 48.7 Å². The van der Waals surface area contributed by atoms with E-state index in [0.717, 1.165) is 41.2 Å². The molecule has 1 unspecified atom stereocenters. The van der Waals surface area contributed by atoms with E-state index in [0.29, 0.717) is 16.6 Å². The maximum Gasteiger partial charge on any atom is 0.123 e. The summed E-state index contributed by atoms with van der Waals surface area (Å²) < 4.78 is 0. The van der Waals surface area contributed by atoms with Crippen molar-refractivity contribution in [1.29, 1.82) is 5.26 Å². The van der Waals surface area contributed by atoms with Gasteiger partial charge in [0.25, 0.3) is 0 Å². The number of benzene rings is 2. The summed E-state index contributed by atoms with van der Waals surface area (Å²) in [5, 5.41) is 13.3. The Labute approximate surface area is 151 Å². The Kier molecular flexibility index (Phi) is 4.27. The molecule has 0 spiro atoms. The molecule has 1 aromatic heterocycles. The molecule has 1 saturated heterocycles. The zero-order chi connectivity index (χ0) is 17.2. The third kappa shape index (κ3) is 3.17. The van der Waals surface area contributed by atoms with Gasteiger partial charge in [-0.3, -0.25) is 0 Å². The summed E-state index contributed by atoms with van der Waals surface area (Å²) in [5.74, 6) is 1.00. The normalized spacial score (nSPS) is 16.7. The van der Waals surface area contributed by atoms with Crippen LogP contribution in [0.2, 0.25) is 5.02 Å². The minimum absolute atomic E-state index is 0.334. The van der Waals surface area contributed by atoms with Crippen LogP contribution in [0.3, 0.4) is 0 Å². The third-order valence-corrected chi connectivity index (χ3v) is 4.83. The van der Waals surface area contributed by atoms with Crippen LogP contribution in [0.25, 0.3) is 22.4 Å². The summed E-state index contributed by atoms with van der Waals surface area (Å²) >= 11 is 5.98. The molecule has 2 aromatic carbocycles. The molecule has 124 valence electrons. The number of aromatic nitrogens is 2. The topological polar surface area (TPSA) is 64.5 Å². The zero-order valence-corrected chi connectivity index (χ0v) is 14.3. The van der Waals surface area contributed by atoms with Gasteiger partial charge in [0.05, 0.1) is 29.6 Å². The van der Waals surface area contributed by atoms with Gasteiger partial charge in [-0.1, -0.05) is 41.9 Å². The first-order valence-corrected chi connectivity index (χ1v) is 8.71. The van der Waals surface area contributed by atoms with Gasteiger partial charge in [0.1, 0.15) is 5.82 Å². The van der Waals surface area contributed by atoms with Gasteiger partial charge in [-0.2, -0.15) is 5.26 Å². The maximum absolute atomic E-state index is 9.32. The predicted molar refractivity (Wildman–Crippen MR) is 99.2 cm³/mol. The van der Waals surface area contributed by atoms with Gasteiger partial charge in [0.15, 0.2) is 0 Å². The summed E-state index contributed by atoms with van der Waals surface area (Å²) in [7, 11) is 0. The smallest absolute Gasteiger partial charge is 0.123 e. The molecule has 0 radical (unpaired) electrons. The average Bonchev–Trinajstić information content (AvgIpc) is 3.33. The van der Waals surface area contributed by atoms with E-state index in [1.54, 1.807) is 12.1 Å². The molecule has 0 saturated carbocycles. The number of imidazole rings is 1. The molecular formula is C20H17ClN4. The lowest BCUT2D eigenvalue weighted by atomic mass is 9.99. The number of nitriles is 1. The van der Waals surface area contributed by atoms with E-state index in [1.807, 2.05) is 36.5 Å². The Morgan fingerprint density at radius 2 is 1.92 bits per heavy atom. The third-order valence-electron chi connectivity index (χ3n) is 4.59. The van der Waals surface area contributed by atoms with Crippen molar-refractivity contribution >= 4 is 11.6 Å². The highest BCUT2D eigenvalue weighted by molar-refractivity contribution is 6.30. The minimum atomic E-state index is 0.334. The van der Waals surface area contributed by atoms with Gasteiger partial charge in [-0.15, -0.1) is 0 Å². The number of nitrogens with one attached hydrogen (secondary N) is 2. The van der Waals surface area contributed by atoms with Crippen LogP contribution in [0.1, 0.15) is 30.3 Å². The van der Waals surface area contributed by atoms with Gasteiger partial charge < -0.3 is 10.3 Å². The fourth-order valence-corrected chi connectivity index (χ4v) is 3.44. The van der Waals surface area contributed by atoms with Gasteiger partial charge in [0.2, 0.25) is 0 Å². The van der Waals surface area contributed by atoms with Crippen LogP contribution in [0.5, 0.6) is 0 Å². The SMILES string of the molecule is N#Cc1cc(Cl)ccc1-c1ccc(-c2cnc(C3CCCN3)[nH]2)cc1. The van der Waals surface area contributed by atoms with Crippen LogP contribution in [0, 0.1) is 11.3 Å². The van der Waals surface area contributed by atoms with Crippen molar-refractivity contribution in [1.82, 2.24) is 15.3 Å². The van der Waals surface area contributed by atoms with Crippen molar-refractivity contribution in [2.75, 3.05) is 6.54 Å². The fourth-order valence-electron chi connectivity index (χ4n) is 3.27. The van der Waals surface area contributed by atoms with E-state index in [1.165, 1.54) is 6.42 Å². The summed E-state index contributed by atoms with van der Waals surface area (Å²) in [4.78, 5) is 7.93. The van der Waals surface area contributed by atoms with Crippen molar-refractivity contribution < 1.29 is 0 Å². The van der Waals surface area contributed by atoms with E-state index in [9.17, 15) is 5.26 Å². The quantitative estimate of drug-likeness (QED) is 0.721. The molecule has 1 aliphatic heterocycles. The van der Waals surface area contributed by atoms with Crippen molar-refractivity contribution in [2.24, 2.45) is 0 Å². The number of halogens is 1. The summed E-state index contributed by atoms with van der Waals surface area (Å²) in [5.41, 5.74) is 4.55. The second-order valence-electron chi connectivity index (χ2n) is 6.21. The van der Waals surface area contributed by atoms with E-state index in [4.69, 9.17) is 11.6 Å². The van der Waals surface area contributed by atoms with E-state index < -0.39 is 0 Å². The monoisotopic (exact) mass is 348 g/mol. The molecule has 4 rings (SSSR count). The lowest BCUT2D eigenvalue weighted by molar-refractivity contribution is 0.613. The van der Waals surface area contributed by atoms with E-state index in [2.05, 4.69) is 21.4 Å². The molecule has 4 nitrogen and oxygen atoms in total. The van der Waals surface area contributed by atoms with Gasteiger partial charge in [-0.25, -0.2) is 4.98 Å². The van der Waals surface area contributed by atoms with Gasteiger partial charge in [0, 0.05) is 5.02 Å². The molecule has 2 heterocycles. The standard InChI is InChI=1S/C20H17ClN4/c21-16-7-8-17(15(10-16)11-22)13-3-5-14(6-4-13)19-12-24-20(25-19)18-2-1-9-23-18/h3-8,10,12,18,23H,1-2,9H2,(H,24,25). The highest BCUT2D eigenvalue weighted by Crippen LogP contribution is 2.29. The Bertz CT molecular complexity index is 931. The second-order valence-corrected chi connectivity index (χ2v) is 6.65. The van der Waals surface area contributed by atoms with Crippen molar-refractivity contribution in [3.8, 4) is 28.5 Å². The highest BCUT2D eigenvalue weighted by Gasteiger charge is 2.19. The molecule has 5 heteroatoms. The Morgan fingerprint density at radius 3 is 2.64 bits per heavy atom. The number of hydrogen-bond donors (Lipinski definition) is 2. The molecule has 1 atom stereocenters. The van der Waals surface area contributed by atoms with Crippen LogP contribution >= 0.6 is 11.6 Å². The first-order valence-electron chi connectivity index (χ1n) is 8.33. The maximum atomic E-state index is 9.32. The number of rotatable bonds is 3. The fraction of sp³-hybridized carbons (Fsp3) is 0.200. The molecular weight excluding hydrogens is 332 g/mol. The highest BCUT2D eigenvalue weighted by atomic mass is 35.5. The van der Waals surface area contributed by atoms with E-state index >= 15 is 0 Å². The second kappa shape index (κ2) is 6.72. The summed E-state index contributed by atoms with van der Waals surface area (Å²) in [6.45, 7) is 1.05. The molecule has 0 amide bonds. The molecule has 0 bridgehead atoms. The molecule has 3 aromatic rings. The van der Waals surface area contributed by atoms with Crippen molar-refractivity contribution in [3.63, 3.8) is 0 Å². The van der Waals surface area contributed by atoms with E-state index in [-0.39, 0.29) is 0 Å². The zero-order valence-electron chi connectivity index (χ0n) is 13.6. The van der Waals surface area contributed by atoms with Crippen LogP contribution in [-0.2, 0) is 0 Å². The molecule has 1 aliphatic rings. The molecule has 25 heavy (non-hydrogen) atoms. The molecule has 0 aliphatic carbocycles. The summed E-state index contributed by atoms with van der Waals surface area (Å²) in [6.07, 6.45) is 4.20. The number of nitrogens with zero attached hydrogens (tertiary/aromatic N) is 2. The average molecular weight is 349 g/mol. The first kappa shape index (κ1) is 15.9. The Morgan fingerprint density at radius 1 is 1.12 bits per heavy atom. The largest absolute Gasteiger partial charge is 0.341 e. The Hall–Kier alpha value is -2.61. The van der Waals surface area contributed by atoms with Crippen LogP contribution in [0.4, 0.5) is 0 Å². The number of H-pyrrole nitrogens is 1. The van der Waals surface area contributed by atoms with Crippen molar-refractivity contribution in [2.45, 2.75) is 18.9 Å². The van der Waals surface area contributed by atoms with Crippen molar-refractivity contribution in [3.05, 3.63) is 65.1 Å². The van der Waals surface area contributed by atoms with Gasteiger partial charge in [-0.05, 0) is 48.2 Å². The number of aromatic amines is 1. The van der Waals surface area contributed by atoms with Gasteiger partial charge >= 0.3 is 0 Å².